The maximum Gasteiger partial charge on any atom is 0.280 e. The molecule has 248 valence electrons. The van der Waals surface area contributed by atoms with Crippen LogP contribution in [0.15, 0.2) is 109 Å². The van der Waals surface area contributed by atoms with E-state index in [2.05, 4.69) is 149 Å². The molecule has 0 saturated heterocycles. The van der Waals surface area contributed by atoms with E-state index in [1.807, 2.05) is 6.92 Å². The van der Waals surface area contributed by atoms with Gasteiger partial charge in [0, 0.05) is 24.1 Å². The number of methoxy groups -OCH3 is 1. The van der Waals surface area contributed by atoms with Crippen molar-refractivity contribution in [2.45, 2.75) is 97.8 Å². The Labute approximate surface area is 288 Å². The average molecular weight is 639 g/mol. The molecule has 2 heterocycles. The van der Waals surface area contributed by atoms with Crippen LogP contribution in [-0.4, -0.2) is 13.2 Å². The monoisotopic (exact) mass is 638 g/mol. The number of rotatable bonds is 11. The zero-order valence-electron chi connectivity index (χ0n) is 30.2. The predicted molar refractivity (Wildman–Crippen MR) is 201 cm³/mol. The summed E-state index contributed by atoms with van der Waals surface area (Å²) in [5, 5.41) is 1.25. The van der Waals surface area contributed by atoms with E-state index in [1.165, 1.54) is 73.9 Å². The molecular formula is C45H52NO2+. The number of para-hydroxylation sites is 1. The van der Waals surface area contributed by atoms with Crippen molar-refractivity contribution in [1.82, 2.24) is 0 Å². The Balaban J connectivity index is 1.72. The van der Waals surface area contributed by atoms with Gasteiger partial charge < -0.3 is 9.47 Å². The van der Waals surface area contributed by atoms with Gasteiger partial charge in [0.2, 0.25) is 11.2 Å². The van der Waals surface area contributed by atoms with E-state index < -0.39 is 5.72 Å². The molecule has 0 amide bonds. The number of aryl methyl sites for hydroxylation is 1. The van der Waals surface area contributed by atoms with Crippen LogP contribution in [0.5, 0.6) is 0 Å². The molecule has 3 heteroatoms. The van der Waals surface area contributed by atoms with Crippen molar-refractivity contribution >= 4 is 10.9 Å². The maximum atomic E-state index is 7.42. The first-order valence-corrected chi connectivity index (χ1v) is 17.9. The third kappa shape index (κ3) is 5.56. The highest BCUT2D eigenvalue weighted by Crippen LogP contribution is 2.54. The highest BCUT2D eigenvalue weighted by Gasteiger charge is 2.62. The van der Waals surface area contributed by atoms with E-state index in [1.54, 1.807) is 7.11 Å². The Bertz CT molecular complexity index is 1930. The molecule has 3 nitrogen and oxygen atoms in total. The number of ether oxygens (including phenoxy) is 2. The Morgan fingerprint density at radius 1 is 0.833 bits per heavy atom. The van der Waals surface area contributed by atoms with Crippen LogP contribution in [0.4, 0.5) is 0 Å². The summed E-state index contributed by atoms with van der Waals surface area (Å²) >= 11 is 0. The topological polar surface area (TPSA) is 22.3 Å². The molecule has 1 aliphatic heterocycles. The van der Waals surface area contributed by atoms with Crippen LogP contribution in [0, 0.1) is 6.92 Å². The van der Waals surface area contributed by atoms with E-state index in [4.69, 9.17) is 9.47 Å². The molecule has 48 heavy (non-hydrogen) atoms. The van der Waals surface area contributed by atoms with Crippen LogP contribution in [-0.2, 0) is 27.0 Å². The number of allylic oxidation sites excluding steroid dienone is 1. The van der Waals surface area contributed by atoms with Crippen molar-refractivity contribution < 1.29 is 14.0 Å². The SMILES string of the molecule is CCCCc1ccc(-c2c(C)c3[n+](c4ccccc24)C(C)(OC(C)C=C(C)OC)C(CC)(CC)c2ccc(-c4ccccc4)cc2-3)cc1. The van der Waals surface area contributed by atoms with E-state index in [0.717, 1.165) is 25.0 Å². The van der Waals surface area contributed by atoms with Crippen molar-refractivity contribution in [2.24, 2.45) is 0 Å². The van der Waals surface area contributed by atoms with Gasteiger partial charge in [-0.05, 0) is 92.5 Å². The van der Waals surface area contributed by atoms with E-state index in [9.17, 15) is 0 Å². The number of pyridine rings is 1. The van der Waals surface area contributed by atoms with Crippen LogP contribution in [0.2, 0.25) is 0 Å². The zero-order chi connectivity index (χ0) is 34.1. The van der Waals surface area contributed by atoms with Crippen molar-refractivity contribution in [1.29, 1.82) is 0 Å². The molecule has 1 aromatic heterocycles. The molecule has 0 radical (unpaired) electrons. The van der Waals surface area contributed by atoms with Gasteiger partial charge in [-0.25, -0.2) is 0 Å². The fourth-order valence-corrected chi connectivity index (χ4v) is 8.52. The van der Waals surface area contributed by atoms with Crippen molar-refractivity contribution in [3.63, 3.8) is 0 Å². The molecular weight excluding hydrogens is 587 g/mol. The summed E-state index contributed by atoms with van der Waals surface area (Å²) in [5.41, 5.74) is 11.7. The normalized spacial score (nSPS) is 17.5. The second kappa shape index (κ2) is 13.7. The molecule has 0 aliphatic carbocycles. The van der Waals surface area contributed by atoms with E-state index >= 15 is 0 Å². The van der Waals surface area contributed by atoms with Crippen LogP contribution in [0.25, 0.3) is 44.4 Å². The van der Waals surface area contributed by atoms with Gasteiger partial charge in [0.1, 0.15) is 0 Å². The number of unbranched alkanes of at least 4 members (excludes halogenated alkanes) is 1. The Kier molecular flexibility index (Phi) is 9.63. The van der Waals surface area contributed by atoms with Gasteiger partial charge in [-0.3, -0.25) is 0 Å². The maximum absolute atomic E-state index is 7.42. The molecule has 0 spiro atoms. The van der Waals surface area contributed by atoms with Crippen LogP contribution in [0.1, 0.15) is 83.9 Å². The predicted octanol–water partition coefficient (Wildman–Crippen LogP) is 11.5. The summed E-state index contributed by atoms with van der Waals surface area (Å²) in [6.45, 7) is 15.7. The van der Waals surface area contributed by atoms with Gasteiger partial charge in [0.25, 0.3) is 5.72 Å². The first kappa shape index (κ1) is 33.7. The first-order valence-electron chi connectivity index (χ1n) is 17.9. The molecule has 0 saturated carbocycles. The fraction of sp³-hybridized carbons (Fsp3) is 0.356. The van der Waals surface area contributed by atoms with Gasteiger partial charge in [0.05, 0.1) is 35.3 Å². The van der Waals surface area contributed by atoms with Crippen molar-refractivity contribution in [2.75, 3.05) is 7.11 Å². The summed E-state index contributed by atoms with van der Waals surface area (Å²) in [6, 6.07) is 36.2. The Morgan fingerprint density at radius 3 is 2.17 bits per heavy atom. The number of nitrogens with zero attached hydrogens (tertiary/aromatic N) is 1. The van der Waals surface area contributed by atoms with E-state index in [-0.39, 0.29) is 11.5 Å². The minimum atomic E-state index is -0.704. The molecule has 2 unspecified atom stereocenters. The summed E-state index contributed by atoms with van der Waals surface area (Å²) in [7, 11) is 1.72. The van der Waals surface area contributed by atoms with Gasteiger partial charge in [-0.2, -0.15) is 4.57 Å². The quantitative estimate of drug-likeness (QED) is 0.106. The minimum Gasteiger partial charge on any atom is -0.502 e. The molecule has 2 atom stereocenters. The molecule has 0 bridgehead atoms. The number of hydrogen-bond donors (Lipinski definition) is 0. The largest absolute Gasteiger partial charge is 0.502 e. The minimum absolute atomic E-state index is 0.174. The fourth-order valence-electron chi connectivity index (χ4n) is 8.52. The highest BCUT2D eigenvalue weighted by atomic mass is 16.5. The molecule has 6 rings (SSSR count). The van der Waals surface area contributed by atoms with Crippen LogP contribution >= 0.6 is 0 Å². The summed E-state index contributed by atoms with van der Waals surface area (Å²) in [4.78, 5) is 0. The Hall–Kier alpha value is -4.21. The van der Waals surface area contributed by atoms with Crippen molar-refractivity contribution in [3.05, 3.63) is 126 Å². The second-order valence-corrected chi connectivity index (χ2v) is 13.7. The van der Waals surface area contributed by atoms with Gasteiger partial charge >= 0.3 is 0 Å². The molecule has 1 aliphatic rings. The number of benzene rings is 4. The highest BCUT2D eigenvalue weighted by molar-refractivity contribution is 5.97. The molecule has 5 aromatic rings. The number of aromatic nitrogens is 1. The summed E-state index contributed by atoms with van der Waals surface area (Å²) in [6.07, 6.45) is 7.31. The third-order valence-corrected chi connectivity index (χ3v) is 11.1. The zero-order valence-corrected chi connectivity index (χ0v) is 30.2. The Morgan fingerprint density at radius 2 is 1.50 bits per heavy atom. The number of fused-ring (bicyclic) bond motifs is 5. The smallest absolute Gasteiger partial charge is 0.280 e. The lowest BCUT2D eigenvalue weighted by Crippen LogP contribution is -2.71. The standard InChI is InChI=1S/C45H52NO2/c1-9-12-18-34-23-25-36(26-24-34)42-33(6)43-39-30-37(35-19-14-13-15-20-35)27-28-40(39)45(10-2,11-3)44(7,48-32(5)29-31(4)47-8)46(43)41-22-17-16-21-38(41)42/h13-17,19-30,32H,9-12,18H2,1-8H3/q+1. The lowest BCUT2D eigenvalue weighted by atomic mass is 9.63. The molecule has 4 aromatic carbocycles. The van der Waals surface area contributed by atoms with E-state index in [0.29, 0.717) is 0 Å². The van der Waals surface area contributed by atoms with Crippen LogP contribution < -0.4 is 4.57 Å². The lowest BCUT2D eigenvalue weighted by Gasteiger charge is -2.48. The van der Waals surface area contributed by atoms with Gasteiger partial charge in [0.15, 0.2) is 0 Å². The lowest BCUT2D eigenvalue weighted by molar-refractivity contribution is -0.793. The van der Waals surface area contributed by atoms with Gasteiger partial charge in [-0.1, -0.05) is 106 Å². The molecule has 0 N–H and O–H groups in total. The van der Waals surface area contributed by atoms with Crippen LogP contribution in [0.3, 0.4) is 0 Å². The molecule has 0 fully saturated rings. The first-order chi connectivity index (χ1) is 23.2. The second-order valence-electron chi connectivity index (χ2n) is 13.7. The number of hydrogen-bond acceptors (Lipinski definition) is 2. The average Bonchev–Trinajstić information content (AvgIpc) is 3.11. The third-order valence-electron chi connectivity index (χ3n) is 11.1. The summed E-state index contributed by atoms with van der Waals surface area (Å²) < 4.78 is 15.6. The van der Waals surface area contributed by atoms with Crippen molar-refractivity contribution in [3.8, 4) is 33.5 Å². The van der Waals surface area contributed by atoms with Gasteiger partial charge in [-0.15, -0.1) is 0 Å². The summed E-state index contributed by atoms with van der Waals surface area (Å²) in [5.74, 6) is 0.859.